The number of carbonyl (C=O) groups excluding carboxylic acids is 1. The van der Waals surface area contributed by atoms with Crippen LogP contribution in [-0.2, 0) is 4.79 Å². The second-order valence-corrected chi connectivity index (χ2v) is 11.3. The van der Waals surface area contributed by atoms with Gasteiger partial charge in [0.1, 0.15) is 0 Å². The van der Waals surface area contributed by atoms with Gasteiger partial charge in [-0.15, -0.1) is 0 Å². The van der Waals surface area contributed by atoms with Crippen molar-refractivity contribution in [1.29, 1.82) is 0 Å². The van der Waals surface area contributed by atoms with E-state index in [-0.39, 0.29) is 5.91 Å². The molecule has 1 amide bonds. The Bertz CT molecular complexity index is 231. The van der Waals surface area contributed by atoms with Crippen LogP contribution < -0.4 is 5.32 Å². The predicted molar refractivity (Wildman–Crippen MR) is 80.2 cm³/mol. The number of carbonyl (C=O) groups is 1. The fourth-order valence-corrected chi connectivity index (χ4v) is 7.91. The quantitative estimate of drug-likeness (QED) is 0.315. The Kier molecular flexibility index (Phi) is 8.13. The van der Waals surface area contributed by atoms with Crippen LogP contribution in [0.2, 0.25) is 0 Å². The van der Waals surface area contributed by atoms with Crippen LogP contribution in [0, 0.1) is 0 Å². The third kappa shape index (κ3) is 5.36. The van der Waals surface area contributed by atoms with Gasteiger partial charge in [-0.25, -0.2) is 0 Å². The van der Waals surface area contributed by atoms with Crippen molar-refractivity contribution in [1.82, 2.24) is 5.32 Å². The molecule has 0 saturated heterocycles. The molecule has 0 aliphatic rings. The van der Waals surface area contributed by atoms with Crippen LogP contribution in [0.5, 0.6) is 0 Å². The number of hydrogen-bond acceptors (Lipinski definition) is 2. The van der Waals surface area contributed by atoms with Crippen LogP contribution in [0.15, 0.2) is 12.2 Å². The van der Waals surface area contributed by atoms with Crippen LogP contribution in [0.25, 0.3) is 0 Å². The fourth-order valence-electron chi connectivity index (χ4n) is 1.59. The molecule has 4 heteroatoms. The monoisotopic (exact) mass is 263 g/mol. The minimum absolute atomic E-state index is 0.0238. The van der Waals surface area contributed by atoms with Gasteiger partial charge in [-0.2, -0.15) is 0 Å². The van der Waals surface area contributed by atoms with E-state index >= 15 is 0 Å². The van der Waals surface area contributed by atoms with Crippen LogP contribution in [0.3, 0.4) is 0 Å². The molecule has 0 rings (SSSR count). The number of rotatable bonds is 8. The molecule has 0 aromatic rings. The van der Waals surface area contributed by atoms with E-state index in [2.05, 4.69) is 32.7 Å². The molecule has 0 aliphatic heterocycles. The van der Waals surface area contributed by atoms with Gasteiger partial charge in [-0.05, 0) is 0 Å². The Balaban J connectivity index is 3.88. The molecule has 0 atom stereocenters. The molecule has 96 valence electrons. The summed E-state index contributed by atoms with van der Waals surface area (Å²) in [6.07, 6.45) is 4.05. The van der Waals surface area contributed by atoms with Gasteiger partial charge in [-0.1, -0.05) is 0 Å². The van der Waals surface area contributed by atoms with Gasteiger partial charge >= 0.3 is 105 Å². The van der Waals surface area contributed by atoms with Crippen molar-refractivity contribution >= 4 is 24.9 Å². The predicted octanol–water partition coefficient (Wildman–Crippen LogP) is 3.14. The zero-order valence-electron chi connectivity index (χ0n) is 11.1. The molecule has 0 aromatic heterocycles. The Hall–Kier alpha value is -0.0100. The molecule has 16 heavy (non-hydrogen) atoms. The van der Waals surface area contributed by atoms with Crippen molar-refractivity contribution in [2.45, 2.75) is 27.7 Å². The molecule has 0 aromatic carbocycles. The van der Waals surface area contributed by atoms with E-state index < -0.39 is 7.26 Å². The topological polar surface area (TPSA) is 29.1 Å². The van der Waals surface area contributed by atoms with Gasteiger partial charge < -0.3 is 0 Å². The van der Waals surface area contributed by atoms with Crippen LogP contribution >= 0.6 is 19.0 Å². The van der Waals surface area contributed by atoms with Gasteiger partial charge in [0.05, 0.1) is 0 Å². The SMILES string of the molecule is C=C(C)C(=O)NCSC[PH](CC)(CC)CC. The Morgan fingerprint density at radius 2 is 1.75 bits per heavy atom. The van der Waals surface area contributed by atoms with Crippen LogP contribution in [-0.4, -0.2) is 35.8 Å². The van der Waals surface area contributed by atoms with E-state index in [1.54, 1.807) is 6.92 Å². The minimum atomic E-state index is -1.03. The van der Waals surface area contributed by atoms with Crippen molar-refractivity contribution in [2.75, 3.05) is 29.9 Å². The van der Waals surface area contributed by atoms with E-state index in [0.29, 0.717) is 5.57 Å². The van der Waals surface area contributed by atoms with Gasteiger partial charge in [-0.3, -0.25) is 0 Å². The second-order valence-electron chi connectivity index (χ2n) is 4.34. The zero-order chi connectivity index (χ0) is 12.6. The summed E-state index contributed by atoms with van der Waals surface area (Å²) in [7, 11) is -1.03. The molecule has 2 nitrogen and oxygen atoms in total. The normalized spacial score (nSPS) is 12.2. The summed E-state index contributed by atoms with van der Waals surface area (Å²) >= 11 is 1.87. The molecule has 0 aliphatic carbocycles. The standard InChI is InChI=1S/C12H26NOPS/c1-6-15(7-2,8-3)10-16-9-13-12(14)11(4)5/h15H,4,6-10H2,1-3,5H3,(H,13,14). The summed E-state index contributed by atoms with van der Waals surface area (Å²) in [5, 5.41) is 2.87. The maximum atomic E-state index is 11.3. The molecular formula is C12H26NOPS. The fraction of sp³-hybridized carbons (Fsp3) is 0.750. The zero-order valence-corrected chi connectivity index (χ0v) is 12.9. The molecule has 0 heterocycles. The van der Waals surface area contributed by atoms with E-state index in [9.17, 15) is 4.79 Å². The first kappa shape index (κ1) is 16.0. The summed E-state index contributed by atoms with van der Waals surface area (Å²) in [4.78, 5) is 11.3. The summed E-state index contributed by atoms with van der Waals surface area (Å²) < 4.78 is 0. The first-order valence-electron chi connectivity index (χ1n) is 6.02. The summed E-state index contributed by atoms with van der Waals surface area (Å²) in [6, 6.07) is 0. The second kappa shape index (κ2) is 8.14. The Morgan fingerprint density at radius 3 is 2.12 bits per heavy atom. The molecule has 1 N–H and O–H groups in total. The number of thioether (sulfide) groups is 1. The maximum absolute atomic E-state index is 11.3. The number of hydrogen-bond donors (Lipinski definition) is 1. The van der Waals surface area contributed by atoms with Gasteiger partial charge in [0.2, 0.25) is 0 Å². The van der Waals surface area contributed by atoms with E-state index in [4.69, 9.17) is 0 Å². The van der Waals surface area contributed by atoms with Crippen molar-refractivity contribution in [2.24, 2.45) is 0 Å². The Labute approximate surface area is 105 Å². The molecule has 0 bridgehead atoms. The van der Waals surface area contributed by atoms with Gasteiger partial charge in [0, 0.05) is 0 Å². The van der Waals surface area contributed by atoms with Crippen LogP contribution in [0.1, 0.15) is 27.7 Å². The average Bonchev–Trinajstić information content (AvgIpc) is 2.30. The number of amides is 1. The van der Waals surface area contributed by atoms with Crippen molar-refractivity contribution in [3.63, 3.8) is 0 Å². The summed E-state index contributed by atoms with van der Waals surface area (Å²) in [5.41, 5.74) is 1.85. The molecular weight excluding hydrogens is 237 g/mol. The first-order valence-corrected chi connectivity index (χ1v) is 10.0. The average molecular weight is 263 g/mol. The third-order valence-corrected chi connectivity index (χ3v) is 11.5. The van der Waals surface area contributed by atoms with E-state index in [0.717, 1.165) is 5.88 Å². The molecule has 0 spiro atoms. The van der Waals surface area contributed by atoms with Crippen molar-refractivity contribution < 1.29 is 4.79 Å². The molecule has 0 fully saturated rings. The summed E-state index contributed by atoms with van der Waals surface area (Å²) in [5.74, 6) is 0.699. The van der Waals surface area contributed by atoms with Gasteiger partial charge in [0.25, 0.3) is 0 Å². The molecule has 0 unspecified atom stereocenters. The van der Waals surface area contributed by atoms with E-state index in [1.807, 2.05) is 11.8 Å². The molecule has 0 saturated carbocycles. The van der Waals surface area contributed by atoms with Gasteiger partial charge in [0.15, 0.2) is 0 Å². The Morgan fingerprint density at radius 1 is 1.25 bits per heavy atom. The van der Waals surface area contributed by atoms with Crippen molar-refractivity contribution in [3.8, 4) is 0 Å². The first-order chi connectivity index (χ1) is 7.51. The van der Waals surface area contributed by atoms with Crippen molar-refractivity contribution in [3.05, 3.63) is 12.2 Å². The third-order valence-electron chi connectivity index (χ3n) is 3.38. The summed E-state index contributed by atoms with van der Waals surface area (Å²) in [6.45, 7) is 12.3. The number of nitrogens with one attached hydrogen (secondary N) is 1. The van der Waals surface area contributed by atoms with Crippen LogP contribution in [0.4, 0.5) is 0 Å². The molecule has 0 radical (unpaired) electrons. The van der Waals surface area contributed by atoms with E-state index in [1.165, 1.54) is 24.0 Å².